The van der Waals surface area contributed by atoms with Crippen LogP contribution in [0.15, 0.2) is 130 Å². The molecule has 0 fully saturated rings. The van der Waals surface area contributed by atoms with Gasteiger partial charge in [0.1, 0.15) is 22.3 Å². The number of aromatic nitrogens is 1. The highest BCUT2D eigenvalue weighted by atomic mass is 16.3. The van der Waals surface area contributed by atoms with Gasteiger partial charge in [-0.15, -0.1) is 0 Å². The van der Waals surface area contributed by atoms with Gasteiger partial charge < -0.3 is 13.8 Å². The largest absolute Gasteiger partial charge is 0.456 e. The van der Waals surface area contributed by atoms with Crippen LogP contribution in [0.25, 0.3) is 87.9 Å². The fourth-order valence-electron chi connectivity index (χ4n) is 6.07. The molecule has 6 aromatic carbocycles. The monoisotopic (exact) mass is 499 g/mol. The number of benzene rings is 6. The van der Waals surface area contributed by atoms with Crippen molar-refractivity contribution in [3.8, 4) is 22.3 Å². The van der Waals surface area contributed by atoms with Gasteiger partial charge in [-0.3, -0.25) is 0 Å². The average molecular weight is 500 g/mol. The van der Waals surface area contributed by atoms with Crippen LogP contribution in [0.4, 0.5) is 0 Å². The molecule has 0 aliphatic carbocycles. The second-order valence-corrected chi connectivity index (χ2v) is 10.3. The SMILES string of the molecule is c1ccc2c(c1)oc1ccc(-c3ccc4[nH]c5ccc(-c6ccc7oc8ccccc8c7c6)cc5c4c3)cc12. The van der Waals surface area contributed by atoms with Crippen LogP contribution in [0.3, 0.4) is 0 Å². The number of hydrogen-bond acceptors (Lipinski definition) is 2. The van der Waals surface area contributed by atoms with E-state index in [1.807, 2.05) is 24.3 Å². The van der Waals surface area contributed by atoms with Crippen molar-refractivity contribution < 1.29 is 8.83 Å². The molecule has 0 aliphatic heterocycles. The van der Waals surface area contributed by atoms with E-state index in [-0.39, 0.29) is 0 Å². The van der Waals surface area contributed by atoms with Crippen molar-refractivity contribution in [3.05, 3.63) is 121 Å². The van der Waals surface area contributed by atoms with E-state index < -0.39 is 0 Å². The number of nitrogens with one attached hydrogen (secondary N) is 1. The third-order valence-electron chi connectivity index (χ3n) is 8.02. The van der Waals surface area contributed by atoms with Gasteiger partial charge in [-0.1, -0.05) is 60.7 Å². The molecular formula is C36H21NO2. The van der Waals surface area contributed by atoms with E-state index in [1.165, 1.54) is 33.0 Å². The van der Waals surface area contributed by atoms with Gasteiger partial charge in [0.15, 0.2) is 0 Å². The van der Waals surface area contributed by atoms with E-state index in [0.29, 0.717) is 0 Å². The Morgan fingerprint density at radius 3 is 1.21 bits per heavy atom. The van der Waals surface area contributed by atoms with E-state index in [9.17, 15) is 0 Å². The molecule has 0 spiro atoms. The van der Waals surface area contributed by atoms with E-state index in [1.54, 1.807) is 0 Å². The Labute approximate surface area is 222 Å². The van der Waals surface area contributed by atoms with Crippen LogP contribution in [-0.4, -0.2) is 4.98 Å². The summed E-state index contributed by atoms with van der Waals surface area (Å²) in [5, 5.41) is 7.02. The first-order chi connectivity index (χ1) is 19.3. The van der Waals surface area contributed by atoms with Crippen LogP contribution < -0.4 is 0 Å². The van der Waals surface area contributed by atoms with Crippen LogP contribution in [0.2, 0.25) is 0 Å². The number of H-pyrrole nitrogens is 1. The van der Waals surface area contributed by atoms with Crippen molar-refractivity contribution in [2.75, 3.05) is 0 Å². The van der Waals surface area contributed by atoms with Gasteiger partial charge in [-0.25, -0.2) is 0 Å². The first-order valence-corrected chi connectivity index (χ1v) is 13.2. The summed E-state index contributed by atoms with van der Waals surface area (Å²) in [6.07, 6.45) is 0. The first-order valence-electron chi connectivity index (χ1n) is 13.2. The molecule has 0 amide bonds. The van der Waals surface area contributed by atoms with Crippen molar-refractivity contribution in [2.45, 2.75) is 0 Å². The number of furan rings is 2. The smallest absolute Gasteiger partial charge is 0.135 e. The quantitative estimate of drug-likeness (QED) is 0.257. The van der Waals surface area contributed by atoms with Gasteiger partial charge >= 0.3 is 0 Å². The highest BCUT2D eigenvalue weighted by molar-refractivity contribution is 6.11. The standard InChI is InChI=1S/C36H21NO2/c1-3-7-33-25(5-1)29-19-23(11-15-35(29)38-33)21-9-13-31-27(17-21)28-18-22(10-14-32(28)37-31)24-12-16-36-30(20-24)26-6-2-4-8-34(26)39-36/h1-20,37H. The maximum atomic E-state index is 6.05. The third kappa shape index (κ3) is 3.04. The molecule has 3 nitrogen and oxygen atoms in total. The normalized spacial score (nSPS) is 12.1. The van der Waals surface area contributed by atoms with Crippen molar-refractivity contribution in [3.63, 3.8) is 0 Å². The van der Waals surface area contributed by atoms with Gasteiger partial charge in [-0.2, -0.15) is 0 Å². The fourth-order valence-corrected chi connectivity index (χ4v) is 6.07. The van der Waals surface area contributed by atoms with Crippen molar-refractivity contribution >= 4 is 65.7 Å². The lowest BCUT2D eigenvalue weighted by Gasteiger charge is -2.04. The molecule has 0 atom stereocenters. The number of aromatic amines is 1. The van der Waals surface area contributed by atoms with E-state index >= 15 is 0 Å². The average Bonchev–Trinajstić information content (AvgIpc) is 3.66. The summed E-state index contributed by atoms with van der Waals surface area (Å²) in [5.74, 6) is 0. The van der Waals surface area contributed by atoms with Crippen LogP contribution in [0.1, 0.15) is 0 Å². The Morgan fingerprint density at radius 2 is 0.718 bits per heavy atom. The summed E-state index contributed by atoms with van der Waals surface area (Å²) < 4.78 is 12.1. The first kappa shape index (κ1) is 20.7. The molecule has 0 bridgehead atoms. The molecule has 0 unspecified atom stereocenters. The van der Waals surface area contributed by atoms with Gasteiger partial charge in [-0.05, 0) is 82.9 Å². The summed E-state index contributed by atoms with van der Waals surface area (Å²) in [7, 11) is 0. The van der Waals surface area contributed by atoms with E-state index in [2.05, 4.69) is 102 Å². The van der Waals surface area contributed by atoms with Crippen molar-refractivity contribution in [1.29, 1.82) is 0 Å². The Kier molecular flexibility index (Phi) is 4.05. The zero-order chi connectivity index (χ0) is 25.5. The predicted octanol–water partition coefficient (Wildman–Crippen LogP) is 10.5. The lowest BCUT2D eigenvalue weighted by molar-refractivity contribution is 0.668. The summed E-state index contributed by atoms with van der Waals surface area (Å²) in [5.41, 5.74) is 10.7. The molecule has 39 heavy (non-hydrogen) atoms. The van der Waals surface area contributed by atoms with Crippen LogP contribution in [-0.2, 0) is 0 Å². The Balaban J connectivity index is 1.20. The number of para-hydroxylation sites is 2. The lowest BCUT2D eigenvalue weighted by atomic mass is 9.98. The van der Waals surface area contributed by atoms with Crippen LogP contribution in [0.5, 0.6) is 0 Å². The van der Waals surface area contributed by atoms with Crippen LogP contribution in [0, 0.1) is 0 Å². The second kappa shape index (κ2) is 7.62. The molecule has 3 heteroatoms. The minimum Gasteiger partial charge on any atom is -0.456 e. The summed E-state index contributed by atoms with van der Waals surface area (Å²) in [4.78, 5) is 3.60. The topological polar surface area (TPSA) is 42.1 Å². The molecule has 9 rings (SSSR count). The molecule has 0 aliphatic rings. The Morgan fingerprint density at radius 1 is 0.333 bits per heavy atom. The highest BCUT2D eigenvalue weighted by Gasteiger charge is 2.12. The third-order valence-corrected chi connectivity index (χ3v) is 8.02. The summed E-state index contributed by atoms with van der Waals surface area (Å²) >= 11 is 0. The van der Waals surface area contributed by atoms with Crippen molar-refractivity contribution in [2.24, 2.45) is 0 Å². The second-order valence-electron chi connectivity index (χ2n) is 10.3. The van der Waals surface area contributed by atoms with Crippen molar-refractivity contribution in [1.82, 2.24) is 4.98 Å². The van der Waals surface area contributed by atoms with E-state index in [4.69, 9.17) is 8.83 Å². The highest BCUT2D eigenvalue weighted by Crippen LogP contribution is 2.37. The molecule has 0 radical (unpaired) electrons. The molecule has 182 valence electrons. The van der Waals surface area contributed by atoms with Gasteiger partial charge in [0, 0.05) is 43.4 Å². The fraction of sp³-hybridized carbons (Fsp3) is 0. The molecule has 9 aromatic rings. The minimum absolute atomic E-state index is 0.917. The predicted molar refractivity (Wildman–Crippen MR) is 161 cm³/mol. The maximum absolute atomic E-state index is 6.05. The molecule has 3 heterocycles. The van der Waals surface area contributed by atoms with Gasteiger partial charge in [0.05, 0.1) is 0 Å². The maximum Gasteiger partial charge on any atom is 0.135 e. The molecular weight excluding hydrogens is 478 g/mol. The summed E-state index contributed by atoms with van der Waals surface area (Å²) in [6, 6.07) is 42.8. The molecule has 0 saturated heterocycles. The summed E-state index contributed by atoms with van der Waals surface area (Å²) in [6.45, 7) is 0. The van der Waals surface area contributed by atoms with E-state index in [0.717, 1.165) is 54.9 Å². The number of rotatable bonds is 2. The molecule has 0 saturated carbocycles. The van der Waals surface area contributed by atoms with Gasteiger partial charge in [0.2, 0.25) is 0 Å². The van der Waals surface area contributed by atoms with Crippen LogP contribution >= 0.6 is 0 Å². The zero-order valence-corrected chi connectivity index (χ0v) is 20.9. The molecule has 1 N–H and O–H groups in total. The molecule has 3 aromatic heterocycles. The minimum atomic E-state index is 0.917. The number of hydrogen-bond donors (Lipinski definition) is 1. The Hall–Kier alpha value is -5.28. The lowest BCUT2D eigenvalue weighted by Crippen LogP contribution is -1.79. The Bertz CT molecular complexity index is 2230. The zero-order valence-electron chi connectivity index (χ0n) is 20.9. The number of fused-ring (bicyclic) bond motifs is 9. The van der Waals surface area contributed by atoms with Gasteiger partial charge in [0.25, 0.3) is 0 Å².